The minimum atomic E-state index is -2.21. The first-order valence-electron chi connectivity index (χ1n) is 4.38. The van der Waals surface area contributed by atoms with E-state index in [9.17, 15) is 8.76 Å². The van der Waals surface area contributed by atoms with Crippen LogP contribution in [0.5, 0.6) is 0 Å². The molecule has 2 aromatic rings. The first-order valence-corrected chi connectivity index (χ1v) is 5.45. The monoisotopic (exact) mass is 218 g/mol. The number of aromatic nitrogens is 1. The van der Waals surface area contributed by atoms with Gasteiger partial charge in [-0.1, -0.05) is 18.2 Å². The van der Waals surface area contributed by atoms with Crippen LogP contribution >= 0.6 is 0 Å². The Morgan fingerprint density at radius 3 is 2.40 bits per heavy atom. The lowest BCUT2D eigenvalue weighted by Gasteiger charge is -2.11. The van der Waals surface area contributed by atoms with Crippen molar-refractivity contribution in [3.8, 4) is 11.1 Å². The predicted molar refractivity (Wildman–Crippen MR) is 56.9 cm³/mol. The average Bonchev–Trinajstić information content (AvgIpc) is 2.30. The van der Waals surface area contributed by atoms with Crippen molar-refractivity contribution in [3.63, 3.8) is 0 Å². The number of pyridine rings is 1. The molecule has 76 valence electrons. The van der Waals surface area contributed by atoms with E-state index in [2.05, 4.69) is 4.98 Å². The summed E-state index contributed by atoms with van der Waals surface area (Å²) in [6, 6.07) is 10.4. The normalized spacial score (nSPS) is 12.3. The smallest absolute Gasteiger partial charge is 0.0327 e. The van der Waals surface area contributed by atoms with Gasteiger partial charge in [-0.05, 0) is 40.4 Å². The summed E-state index contributed by atoms with van der Waals surface area (Å²) >= 11 is -2.21. The van der Waals surface area contributed by atoms with Gasteiger partial charge in [-0.3, -0.25) is 9.19 Å². The molecule has 1 atom stereocenters. The number of hydrogen-bond donors (Lipinski definition) is 0. The van der Waals surface area contributed by atoms with Crippen LogP contribution in [-0.4, -0.2) is 13.7 Å². The van der Waals surface area contributed by atoms with Gasteiger partial charge < -0.3 is 4.55 Å². The number of hydrogen-bond acceptors (Lipinski definition) is 3. The molecule has 0 bridgehead atoms. The molecule has 0 radical (unpaired) electrons. The summed E-state index contributed by atoms with van der Waals surface area (Å²) in [6.07, 6.45) is 3.28. The molecule has 0 saturated heterocycles. The van der Waals surface area contributed by atoms with Gasteiger partial charge in [0, 0.05) is 17.3 Å². The zero-order chi connectivity index (χ0) is 10.7. The Hall–Kier alpha value is -1.52. The van der Waals surface area contributed by atoms with Crippen LogP contribution in [0.4, 0.5) is 0 Å². The van der Waals surface area contributed by atoms with Gasteiger partial charge in [0.15, 0.2) is 0 Å². The van der Waals surface area contributed by atoms with Crippen LogP contribution in [-0.2, 0) is 11.1 Å². The van der Waals surface area contributed by atoms with Gasteiger partial charge in [0.25, 0.3) is 0 Å². The zero-order valence-corrected chi connectivity index (χ0v) is 8.61. The largest absolute Gasteiger partial charge is 0.768 e. The van der Waals surface area contributed by atoms with Gasteiger partial charge in [0.1, 0.15) is 0 Å². The quantitative estimate of drug-likeness (QED) is 0.724. The van der Waals surface area contributed by atoms with Crippen LogP contribution in [0.25, 0.3) is 11.1 Å². The van der Waals surface area contributed by atoms with Crippen molar-refractivity contribution < 1.29 is 8.76 Å². The van der Waals surface area contributed by atoms with Gasteiger partial charge in [-0.25, -0.2) is 0 Å². The number of nitrogens with zero attached hydrogens (tertiary/aromatic N) is 1. The Morgan fingerprint density at radius 2 is 1.73 bits per heavy atom. The second-order valence-electron chi connectivity index (χ2n) is 2.97. The molecule has 0 amide bonds. The summed E-state index contributed by atoms with van der Waals surface area (Å²) in [6.45, 7) is 0. The minimum absolute atomic E-state index is 0.309. The molecule has 0 saturated carbocycles. The molecule has 2 rings (SSSR count). The van der Waals surface area contributed by atoms with Crippen molar-refractivity contribution in [1.82, 2.24) is 4.98 Å². The van der Waals surface area contributed by atoms with E-state index in [-0.39, 0.29) is 0 Å². The third-order valence-electron chi connectivity index (χ3n) is 2.06. The molecule has 0 aliphatic rings. The van der Waals surface area contributed by atoms with E-state index in [1.165, 1.54) is 0 Å². The summed E-state index contributed by atoms with van der Waals surface area (Å²) in [5.41, 5.74) is 1.55. The molecule has 0 N–H and O–H groups in total. The second kappa shape index (κ2) is 4.33. The van der Waals surface area contributed by atoms with Gasteiger partial charge >= 0.3 is 0 Å². The number of benzene rings is 1. The maximum absolute atomic E-state index is 11.0. The van der Waals surface area contributed by atoms with Crippen molar-refractivity contribution in [2.75, 3.05) is 0 Å². The third kappa shape index (κ3) is 2.11. The average molecular weight is 218 g/mol. The molecule has 3 nitrogen and oxygen atoms in total. The van der Waals surface area contributed by atoms with Crippen molar-refractivity contribution in [2.24, 2.45) is 0 Å². The van der Waals surface area contributed by atoms with Crippen LogP contribution in [0.1, 0.15) is 0 Å². The lowest BCUT2D eigenvalue weighted by molar-refractivity contribution is 0.537. The first-order chi connectivity index (χ1) is 7.29. The summed E-state index contributed by atoms with van der Waals surface area (Å²) < 4.78 is 22.0. The first kappa shape index (κ1) is 10.0. The van der Waals surface area contributed by atoms with Gasteiger partial charge in [-0.2, -0.15) is 0 Å². The maximum Gasteiger partial charge on any atom is 0.0327 e. The summed E-state index contributed by atoms with van der Waals surface area (Å²) in [4.78, 5) is 4.20. The molecule has 15 heavy (non-hydrogen) atoms. The molecule has 4 heteroatoms. The predicted octanol–water partition coefficient (Wildman–Crippen LogP) is 1.99. The lowest BCUT2D eigenvalue weighted by atomic mass is 10.1. The van der Waals surface area contributed by atoms with E-state index >= 15 is 0 Å². The van der Waals surface area contributed by atoms with Crippen LogP contribution in [0.3, 0.4) is 0 Å². The van der Waals surface area contributed by atoms with Gasteiger partial charge in [-0.15, -0.1) is 0 Å². The SMILES string of the molecule is O=S([O-])c1ccccc1-c1ccncc1. The van der Waals surface area contributed by atoms with Crippen LogP contribution in [0.2, 0.25) is 0 Å². The Bertz CT molecular complexity index is 485. The molecule has 0 fully saturated rings. The molecule has 1 unspecified atom stereocenters. The van der Waals surface area contributed by atoms with E-state index in [1.54, 1.807) is 42.7 Å². The highest BCUT2D eigenvalue weighted by Crippen LogP contribution is 2.24. The molecule has 1 aromatic heterocycles. The molecule has 0 spiro atoms. The molecular formula is C11H8NO2S-. The fourth-order valence-electron chi connectivity index (χ4n) is 1.38. The van der Waals surface area contributed by atoms with Crippen LogP contribution in [0.15, 0.2) is 53.7 Å². The summed E-state index contributed by atoms with van der Waals surface area (Å²) in [5.74, 6) is 0. The van der Waals surface area contributed by atoms with Gasteiger partial charge in [0.05, 0.1) is 0 Å². The molecular weight excluding hydrogens is 210 g/mol. The van der Waals surface area contributed by atoms with Gasteiger partial charge in [0.2, 0.25) is 0 Å². The highest BCUT2D eigenvalue weighted by molar-refractivity contribution is 7.79. The Labute approximate surface area is 90.1 Å². The fraction of sp³-hybridized carbons (Fsp3) is 0. The highest BCUT2D eigenvalue weighted by Gasteiger charge is 2.03. The second-order valence-corrected chi connectivity index (χ2v) is 3.88. The van der Waals surface area contributed by atoms with Crippen molar-refractivity contribution >= 4 is 11.1 Å². The van der Waals surface area contributed by atoms with E-state index in [1.807, 2.05) is 6.07 Å². The zero-order valence-electron chi connectivity index (χ0n) is 7.79. The highest BCUT2D eigenvalue weighted by atomic mass is 32.2. The molecule has 1 heterocycles. The Balaban J connectivity index is 2.58. The van der Waals surface area contributed by atoms with E-state index in [0.717, 1.165) is 5.56 Å². The van der Waals surface area contributed by atoms with Crippen molar-refractivity contribution in [2.45, 2.75) is 4.90 Å². The topological polar surface area (TPSA) is 53.0 Å². The van der Waals surface area contributed by atoms with Crippen LogP contribution < -0.4 is 0 Å². The molecule has 1 aromatic carbocycles. The third-order valence-corrected chi connectivity index (χ3v) is 2.77. The lowest BCUT2D eigenvalue weighted by Crippen LogP contribution is -1.92. The fourth-order valence-corrected chi connectivity index (χ4v) is 1.94. The van der Waals surface area contributed by atoms with Crippen molar-refractivity contribution in [3.05, 3.63) is 48.8 Å². The Kier molecular flexibility index (Phi) is 2.89. The van der Waals surface area contributed by atoms with Crippen molar-refractivity contribution in [1.29, 1.82) is 0 Å². The summed E-state index contributed by atoms with van der Waals surface area (Å²) in [5, 5.41) is 0. The minimum Gasteiger partial charge on any atom is -0.768 e. The Morgan fingerprint density at radius 1 is 1.07 bits per heavy atom. The number of rotatable bonds is 2. The molecule has 0 aliphatic carbocycles. The van der Waals surface area contributed by atoms with Crippen LogP contribution in [0, 0.1) is 0 Å². The summed E-state index contributed by atoms with van der Waals surface area (Å²) in [7, 11) is 0. The van der Waals surface area contributed by atoms with E-state index in [4.69, 9.17) is 0 Å². The maximum atomic E-state index is 11.0. The molecule has 0 aliphatic heterocycles. The standard InChI is InChI=1S/C11H9NO2S/c13-15(14)11-4-2-1-3-10(11)9-5-7-12-8-6-9/h1-8H,(H,13,14)/p-1. The van der Waals surface area contributed by atoms with E-state index in [0.29, 0.717) is 10.5 Å². The van der Waals surface area contributed by atoms with E-state index < -0.39 is 11.1 Å².